The standard InChI is InChI=1S/C19H22N6O4S/c1-28-13-3-2-4-14(7-13)29-10-15(27)25-6-5-24(8-12(25)9-26)17-16-18(30-11-21-16)23-19(20)22-17/h2-4,7,11-12,26H,5-6,8-10H2,1H3,(H2,20,22,23)/t12-/m0/s1. The molecule has 4 rings (SSSR count). The van der Waals surface area contributed by atoms with Gasteiger partial charge in [-0.2, -0.15) is 4.98 Å². The maximum absolute atomic E-state index is 12.7. The van der Waals surface area contributed by atoms with Gasteiger partial charge in [0.05, 0.1) is 25.3 Å². The van der Waals surface area contributed by atoms with Crippen LogP contribution < -0.4 is 20.1 Å². The molecule has 3 heterocycles. The predicted octanol–water partition coefficient (Wildman–Crippen LogP) is 0.766. The Bertz CT molecular complexity index is 1040. The summed E-state index contributed by atoms with van der Waals surface area (Å²) in [6, 6.07) is 6.67. The molecule has 1 atom stereocenters. The summed E-state index contributed by atoms with van der Waals surface area (Å²) in [6.07, 6.45) is 0. The van der Waals surface area contributed by atoms with Crippen molar-refractivity contribution in [2.24, 2.45) is 0 Å². The van der Waals surface area contributed by atoms with Crippen LogP contribution in [0.1, 0.15) is 0 Å². The molecular weight excluding hydrogens is 408 g/mol. The van der Waals surface area contributed by atoms with Crippen LogP contribution in [0.3, 0.4) is 0 Å². The Kier molecular flexibility index (Phi) is 5.81. The van der Waals surface area contributed by atoms with Gasteiger partial charge in [-0.3, -0.25) is 4.79 Å². The number of nitrogens with two attached hydrogens (primary N) is 1. The van der Waals surface area contributed by atoms with Gasteiger partial charge in [0, 0.05) is 25.7 Å². The maximum atomic E-state index is 12.7. The van der Waals surface area contributed by atoms with E-state index in [0.717, 1.165) is 0 Å². The van der Waals surface area contributed by atoms with Crippen LogP contribution in [0, 0.1) is 0 Å². The first-order valence-corrected chi connectivity index (χ1v) is 10.3. The zero-order chi connectivity index (χ0) is 21.1. The zero-order valence-electron chi connectivity index (χ0n) is 16.4. The van der Waals surface area contributed by atoms with Gasteiger partial charge in [-0.15, -0.1) is 11.3 Å². The molecular formula is C19H22N6O4S. The molecule has 0 saturated carbocycles. The number of aliphatic hydroxyl groups excluding tert-OH is 1. The molecule has 1 aliphatic heterocycles. The van der Waals surface area contributed by atoms with Crippen molar-refractivity contribution in [1.82, 2.24) is 19.9 Å². The van der Waals surface area contributed by atoms with Crippen LogP contribution in [0.25, 0.3) is 10.3 Å². The molecule has 11 heteroatoms. The number of aromatic nitrogens is 3. The predicted molar refractivity (Wildman–Crippen MR) is 113 cm³/mol. The van der Waals surface area contributed by atoms with Crippen LogP contribution in [-0.4, -0.2) is 76.9 Å². The van der Waals surface area contributed by atoms with Gasteiger partial charge in [0.2, 0.25) is 5.95 Å². The minimum atomic E-state index is -0.398. The number of carbonyl (C=O) groups is 1. The lowest BCUT2D eigenvalue weighted by molar-refractivity contribution is -0.137. The summed E-state index contributed by atoms with van der Waals surface area (Å²) in [6.45, 7) is 1.05. The highest BCUT2D eigenvalue weighted by Gasteiger charge is 2.32. The third-order valence-electron chi connectivity index (χ3n) is 4.91. The SMILES string of the molecule is COc1cccc(OCC(=O)N2CCN(c3nc(N)nc4scnc34)C[C@H]2CO)c1. The fourth-order valence-electron chi connectivity index (χ4n) is 3.43. The number of nitrogen functional groups attached to an aromatic ring is 1. The largest absolute Gasteiger partial charge is 0.497 e. The number of thiazole rings is 1. The fraction of sp³-hybridized carbons (Fsp3) is 0.368. The summed E-state index contributed by atoms with van der Waals surface area (Å²) in [5, 5.41) is 9.91. The Morgan fingerprint density at radius 1 is 1.33 bits per heavy atom. The lowest BCUT2D eigenvalue weighted by atomic mass is 10.1. The third kappa shape index (κ3) is 4.07. The highest BCUT2D eigenvalue weighted by Crippen LogP contribution is 2.28. The quantitative estimate of drug-likeness (QED) is 0.583. The second kappa shape index (κ2) is 8.67. The van der Waals surface area contributed by atoms with Gasteiger partial charge in [-0.05, 0) is 12.1 Å². The molecule has 2 aromatic heterocycles. The van der Waals surface area contributed by atoms with Crippen LogP contribution in [0.5, 0.6) is 11.5 Å². The molecule has 3 aromatic rings. The number of methoxy groups -OCH3 is 1. The Morgan fingerprint density at radius 2 is 2.17 bits per heavy atom. The summed E-state index contributed by atoms with van der Waals surface area (Å²) in [5.74, 6) is 1.80. The highest BCUT2D eigenvalue weighted by atomic mass is 32.1. The molecule has 1 amide bonds. The lowest BCUT2D eigenvalue weighted by Gasteiger charge is -2.41. The van der Waals surface area contributed by atoms with Gasteiger partial charge in [0.15, 0.2) is 17.3 Å². The molecule has 158 valence electrons. The van der Waals surface area contributed by atoms with E-state index in [1.54, 1.807) is 41.8 Å². The molecule has 3 N–H and O–H groups in total. The van der Waals surface area contributed by atoms with Crippen molar-refractivity contribution in [3.8, 4) is 11.5 Å². The van der Waals surface area contributed by atoms with Crippen molar-refractivity contribution in [3.05, 3.63) is 29.8 Å². The van der Waals surface area contributed by atoms with Gasteiger partial charge in [-0.1, -0.05) is 6.07 Å². The molecule has 1 saturated heterocycles. The van der Waals surface area contributed by atoms with E-state index >= 15 is 0 Å². The van der Waals surface area contributed by atoms with Crippen LogP contribution in [0.2, 0.25) is 0 Å². The summed E-state index contributed by atoms with van der Waals surface area (Å²) in [7, 11) is 1.57. The number of ether oxygens (including phenoxy) is 2. The lowest BCUT2D eigenvalue weighted by Crippen LogP contribution is -2.58. The number of aliphatic hydroxyl groups is 1. The molecule has 30 heavy (non-hydrogen) atoms. The third-order valence-corrected chi connectivity index (χ3v) is 5.63. The van der Waals surface area contributed by atoms with Crippen molar-refractivity contribution in [3.63, 3.8) is 0 Å². The number of benzene rings is 1. The van der Waals surface area contributed by atoms with Crippen molar-refractivity contribution in [1.29, 1.82) is 0 Å². The first-order valence-electron chi connectivity index (χ1n) is 9.38. The van der Waals surface area contributed by atoms with E-state index in [9.17, 15) is 9.90 Å². The van der Waals surface area contributed by atoms with E-state index < -0.39 is 6.04 Å². The second-order valence-corrected chi connectivity index (χ2v) is 7.58. The number of carbonyl (C=O) groups excluding carboxylic acids is 1. The van der Waals surface area contributed by atoms with Crippen molar-refractivity contribution < 1.29 is 19.4 Å². The fourth-order valence-corrected chi connectivity index (χ4v) is 4.09. The Balaban J connectivity index is 1.44. The molecule has 0 radical (unpaired) electrons. The number of anilines is 2. The van der Waals surface area contributed by atoms with Crippen molar-refractivity contribution in [2.75, 3.05) is 50.6 Å². The van der Waals surface area contributed by atoms with Crippen LogP contribution >= 0.6 is 11.3 Å². The summed E-state index contributed by atoms with van der Waals surface area (Å²) in [5.41, 5.74) is 8.21. The highest BCUT2D eigenvalue weighted by molar-refractivity contribution is 7.16. The minimum Gasteiger partial charge on any atom is -0.497 e. The average molecular weight is 430 g/mol. The Labute approximate surface area is 176 Å². The average Bonchev–Trinajstić information content (AvgIpc) is 3.25. The number of nitrogens with zero attached hydrogens (tertiary/aromatic N) is 5. The van der Waals surface area contributed by atoms with E-state index in [1.165, 1.54) is 11.3 Å². The smallest absolute Gasteiger partial charge is 0.260 e. The van der Waals surface area contributed by atoms with E-state index in [2.05, 4.69) is 15.0 Å². The van der Waals surface area contributed by atoms with Crippen LogP contribution in [0.15, 0.2) is 29.8 Å². The van der Waals surface area contributed by atoms with Crippen molar-refractivity contribution in [2.45, 2.75) is 6.04 Å². The Morgan fingerprint density at radius 3 is 2.97 bits per heavy atom. The molecule has 10 nitrogen and oxygen atoms in total. The number of hydrogen-bond donors (Lipinski definition) is 2. The van der Waals surface area contributed by atoms with Gasteiger partial charge in [0.25, 0.3) is 5.91 Å². The monoisotopic (exact) mass is 430 g/mol. The van der Waals surface area contributed by atoms with Crippen LogP contribution in [-0.2, 0) is 4.79 Å². The zero-order valence-corrected chi connectivity index (χ0v) is 17.2. The van der Waals surface area contributed by atoms with Gasteiger partial charge >= 0.3 is 0 Å². The van der Waals surface area contributed by atoms with E-state index in [-0.39, 0.29) is 25.1 Å². The van der Waals surface area contributed by atoms with Crippen molar-refractivity contribution >= 4 is 39.4 Å². The van der Waals surface area contributed by atoms with Gasteiger partial charge < -0.3 is 30.1 Å². The second-order valence-electron chi connectivity index (χ2n) is 6.75. The van der Waals surface area contributed by atoms with E-state index in [1.807, 2.05) is 4.90 Å². The number of amides is 1. The maximum Gasteiger partial charge on any atom is 0.260 e. The first kappa shape index (κ1) is 20.1. The normalized spacial score (nSPS) is 16.7. The van der Waals surface area contributed by atoms with E-state index in [0.29, 0.717) is 47.3 Å². The van der Waals surface area contributed by atoms with E-state index in [4.69, 9.17) is 15.2 Å². The van der Waals surface area contributed by atoms with Gasteiger partial charge in [0.1, 0.15) is 17.0 Å². The molecule has 0 spiro atoms. The molecule has 1 fully saturated rings. The number of fused-ring (bicyclic) bond motifs is 1. The molecule has 0 unspecified atom stereocenters. The molecule has 1 aliphatic rings. The van der Waals surface area contributed by atoms with Crippen LogP contribution in [0.4, 0.5) is 11.8 Å². The topological polar surface area (TPSA) is 127 Å². The Hall–Kier alpha value is -3.18. The summed E-state index contributed by atoms with van der Waals surface area (Å²) >= 11 is 1.39. The number of piperazine rings is 1. The molecule has 0 aliphatic carbocycles. The number of hydrogen-bond acceptors (Lipinski definition) is 10. The summed E-state index contributed by atoms with van der Waals surface area (Å²) in [4.78, 5) is 30.0. The number of rotatable bonds is 6. The molecule has 1 aromatic carbocycles. The summed E-state index contributed by atoms with van der Waals surface area (Å²) < 4.78 is 10.8. The van der Waals surface area contributed by atoms with Gasteiger partial charge in [-0.25, -0.2) is 9.97 Å². The minimum absolute atomic E-state index is 0.125. The molecule has 0 bridgehead atoms. The first-order chi connectivity index (χ1) is 14.6.